The maximum Gasteiger partial charge on any atom is 0.230 e. The van der Waals surface area contributed by atoms with Crippen LogP contribution in [0.2, 0.25) is 0 Å². The van der Waals surface area contributed by atoms with E-state index in [-0.39, 0.29) is 24.5 Å². The summed E-state index contributed by atoms with van der Waals surface area (Å²) < 4.78 is 24.8. The van der Waals surface area contributed by atoms with Gasteiger partial charge in [0, 0.05) is 25.2 Å². The van der Waals surface area contributed by atoms with Crippen molar-refractivity contribution in [1.29, 1.82) is 0 Å². The van der Waals surface area contributed by atoms with E-state index < -0.39 is 10.0 Å². The number of amides is 1. The number of hydrogen-bond acceptors (Lipinski definition) is 4. The molecular formula is C20H32N2O4S. The average molecular weight is 397 g/mol. The number of hydrogen-bond donors (Lipinski definition) is 1. The molecule has 0 spiro atoms. The SMILES string of the molecule is CCCCCCCN(CC)C(=O)CC(=O)Cc1ccc(NS(C)(=O)=O)cc1. The molecule has 1 N–H and O–H groups in total. The van der Waals surface area contributed by atoms with Crippen molar-refractivity contribution in [2.45, 2.75) is 58.8 Å². The quantitative estimate of drug-likeness (QED) is 0.409. The van der Waals surface area contributed by atoms with E-state index in [2.05, 4.69) is 11.6 Å². The molecule has 0 atom stereocenters. The third kappa shape index (κ3) is 10.1. The second kappa shape index (κ2) is 11.7. The Morgan fingerprint density at radius 2 is 1.63 bits per heavy atom. The lowest BCUT2D eigenvalue weighted by Gasteiger charge is -2.20. The van der Waals surface area contributed by atoms with Crippen LogP contribution in [0.3, 0.4) is 0 Å². The van der Waals surface area contributed by atoms with Crippen LogP contribution in [-0.4, -0.2) is 44.4 Å². The second-order valence-corrected chi connectivity index (χ2v) is 8.60. The van der Waals surface area contributed by atoms with E-state index in [4.69, 9.17) is 0 Å². The number of carbonyl (C=O) groups excluding carboxylic acids is 2. The van der Waals surface area contributed by atoms with Gasteiger partial charge in [-0.25, -0.2) is 8.42 Å². The number of nitrogens with zero attached hydrogens (tertiary/aromatic N) is 1. The fourth-order valence-electron chi connectivity index (χ4n) is 2.84. The minimum atomic E-state index is -3.32. The van der Waals surface area contributed by atoms with Gasteiger partial charge in [-0.05, 0) is 31.0 Å². The molecule has 0 fully saturated rings. The lowest BCUT2D eigenvalue weighted by atomic mass is 10.1. The third-order valence-corrected chi connectivity index (χ3v) is 4.88. The lowest BCUT2D eigenvalue weighted by Crippen LogP contribution is -2.33. The van der Waals surface area contributed by atoms with E-state index in [1.54, 1.807) is 29.2 Å². The molecule has 0 saturated carbocycles. The van der Waals surface area contributed by atoms with E-state index in [0.717, 1.165) is 24.7 Å². The highest BCUT2D eigenvalue weighted by Gasteiger charge is 2.16. The monoisotopic (exact) mass is 396 g/mol. The summed E-state index contributed by atoms with van der Waals surface area (Å²) >= 11 is 0. The first-order valence-electron chi connectivity index (χ1n) is 9.61. The van der Waals surface area contributed by atoms with Gasteiger partial charge in [0.05, 0.1) is 12.7 Å². The Labute approximate surface area is 163 Å². The molecule has 0 radical (unpaired) electrons. The number of carbonyl (C=O) groups is 2. The summed E-state index contributed by atoms with van der Waals surface area (Å²) in [6, 6.07) is 6.61. The minimum Gasteiger partial charge on any atom is -0.343 e. The Morgan fingerprint density at radius 1 is 1.00 bits per heavy atom. The van der Waals surface area contributed by atoms with Gasteiger partial charge >= 0.3 is 0 Å². The smallest absolute Gasteiger partial charge is 0.230 e. The first-order chi connectivity index (χ1) is 12.7. The molecule has 7 heteroatoms. The number of ketones is 1. The number of nitrogens with one attached hydrogen (secondary N) is 1. The standard InChI is InChI=1S/C20H32N2O4S/c1-4-6-7-8-9-14-22(5-2)20(24)16-19(23)15-17-10-12-18(13-11-17)21-27(3,25)26/h10-13,21H,4-9,14-16H2,1-3H3. The summed E-state index contributed by atoms with van der Waals surface area (Å²) in [5, 5.41) is 0. The number of benzene rings is 1. The molecule has 0 aliphatic heterocycles. The highest BCUT2D eigenvalue weighted by Crippen LogP contribution is 2.12. The summed E-state index contributed by atoms with van der Waals surface area (Å²) in [5.74, 6) is -0.249. The molecule has 0 aliphatic carbocycles. The highest BCUT2D eigenvalue weighted by molar-refractivity contribution is 7.92. The van der Waals surface area contributed by atoms with Crippen molar-refractivity contribution < 1.29 is 18.0 Å². The topological polar surface area (TPSA) is 83.6 Å². The van der Waals surface area contributed by atoms with Crippen molar-refractivity contribution >= 4 is 27.4 Å². The Balaban J connectivity index is 2.46. The van der Waals surface area contributed by atoms with Gasteiger partial charge in [-0.3, -0.25) is 14.3 Å². The van der Waals surface area contributed by atoms with E-state index in [1.807, 2.05) is 6.92 Å². The Morgan fingerprint density at radius 3 is 2.19 bits per heavy atom. The van der Waals surface area contributed by atoms with Crippen LogP contribution in [0.1, 0.15) is 57.9 Å². The molecule has 0 bridgehead atoms. The van der Waals surface area contributed by atoms with E-state index >= 15 is 0 Å². The van der Waals surface area contributed by atoms with Crippen molar-refractivity contribution in [2.75, 3.05) is 24.1 Å². The third-order valence-electron chi connectivity index (χ3n) is 4.27. The number of sulfonamides is 1. The Bertz CT molecular complexity index is 699. The number of Topliss-reactive ketones (excluding diaryl/α,β-unsaturated/α-hetero) is 1. The zero-order valence-electron chi connectivity index (χ0n) is 16.7. The molecule has 1 amide bonds. The molecule has 0 aromatic heterocycles. The Hall–Kier alpha value is -1.89. The van der Waals surface area contributed by atoms with Crippen molar-refractivity contribution in [3.05, 3.63) is 29.8 Å². The molecule has 152 valence electrons. The predicted molar refractivity (Wildman–Crippen MR) is 109 cm³/mol. The van der Waals surface area contributed by atoms with Gasteiger partial charge in [-0.15, -0.1) is 0 Å². The van der Waals surface area contributed by atoms with Gasteiger partial charge in [0.25, 0.3) is 0 Å². The van der Waals surface area contributed by atoms with Crippen molar-refractivity contribution in [3.63, 3.8) is 0 Å². The average Bonchev–Trinajstić information content (AvgIpc) is 2.58. The Kier molecular flexibility index (Phi) is 10.1. The molecule has 1 rings (SSSR count). The summed E-state index contributed by atoms with van der Waals surface area (Å²) in [7, 11) is -3.32. The molecular weight excluding hydrogens is 364 g/mol. The molecule has 0 heterocycles. The summed E-state index contributed by atoms with van der Waals surface area (Å²) in [6.45, 7) is 5.43. The van der Waals surface area contributed by atoms with Crippen LogP contribution in [0.5, 0.6) is 0 Å². The largest absolute Gasteiger partial charge is 0.343 e. The molecule has 0 aliphatic rings. The molecule has 1 aromatic carbocycles. The number of rotatable bonds is 13. The normalized spacial score (nSPS) is 11.2. The van der Waals surface area contributed by atoms with Crippen molar-refractivity contribution in [2.24, 2.45) is 0 Å². The molecule has 27 heavy (non-hydrogen) atoms. The number of unbranched alkanes of at least 4 members (excludes halogenated alkanes) is 4. The van der Waals surface area contributed by atoms with Crippen molar-refractivity contribution in [1.82, 2.24) is 4.90 Å². The minimum absolute atomic E-state index is 0.0911. The van der Waals surface area contributed by atoms with Crippen LogP contribution in [0, 0.1) is 0 Å². The first-order valence-corrected chi connectivity index (χ1v) is 11.5. The van der Waals surface area contributed by atoms with E-state index in [0.29, 0.717) is 18.8 Å². The van der Waals surface area contributed by atoms with Crippen LogP contribution in [-0.2, 0) is 26.0 Å². The van der Waals surface area contributed by atoms with Crippen LogP contribution >= 0.6 is 0 Å². The number of anilines is 1. The van der Waals surface area contributed by atoms with Crippen LogP contribution in [0.4, 0.5) is 5.69 Å². The maximum atomic E-state index is 12.3. The van der Waals surface area contributed by atoms with Gasteiger partial charge in [0.1, 0.15) is 5.78 Å². The lowest BCUT2D eigenvalue weighted by molar-refractivity contribution is -0.135. The maximum absolute atomic E-state index is 12.3. The summed E-state index contributed by atoms with van der Waals surface area (Å²) in [5.41, 5.74) is 1.21. The zero-order valence-corrected chi connectivity index (χ0v) is 17.5. The van der Waals surface area contributed by atoms with Crippen LogP contribution in [0.25, 0.3) is 0 Å². The van der Waals surface area contributed by atoms with Gasteiger partial charge in [0.15, 0.2) is 0 Å². The molecule has 1 aromatic rings. The highest BCUT2D eigenvalue weighted by atomic mass is 32.2. The molecule has 6 nitrogen and oxygen atoms in total. The predicted octanol–water partition coefficient (Wildman–Crippen LogP) is 3.38. The fraction of sp³-hybridized carbons (Fsp3) is 0.600. The van der Waals surface area contributed by atoms with E-state index in [9.17, 15) is 18.0 Å². The van der Waals surface area contributed by atoms with Gasteiger partial charge in [-0.2, -0.15) is 0 Å². The van der Waals surface area contributed by atoms with Crippen molar-refractivity contribution in [3.8, 4) is 0 Å². The van der Waals surface area contributed by atoms with E-state index in [1.165, 1.54) is 19.3 Å². The summed E-state index contributed by atoms with van der Waals surface area (Å²) in [4.78, 5) is 26.3. The first kappa shape index (κ1) is 23.1. The molecule has 0 unspecified atom stereocenters. The molecule has 0 saturated heterocycles. The summed E-state index contributed by atoms with van der Waals surface area (Å²) in [6.07, 6.45) is 6.84. The zero-order chi connectivity index (χ0) is 20.3. The van der Waals surface area contributed by atoms with Gasteiger partial charge in [0.2, 0.25) is 15.9 Å². The fourth-order valence-corrected chi connectivity index (χ4v) is 3.40. The second-order valence-electron chi connectivity index (χ2n) is 6.85. The van der Waals surface area contributed by atoms with Crippen LogP contribution in [0.15, 0.2) is 24.3 Å². The van der Waals surface area contributed by atoms with Crippen LogP contribution < -0.4 is 4.72 Å². The van der Waals surface area contributed by atoms with Gasteiger partial charge < -0.3 is 4.90 Å². The van der Waals surface area contributed by atoms with Gasteiger partial charge in [-0.1, -0.05) is 44.7 Å².